The van der Waals surface area contributed by atoms with E-state index in [1.54, 1.807) is 6.92 Å². The summed E-state index contributed by atoms with van der Waals surface area (Å²) in [7, 11) is 0. The van der Waals surface area contributed by atoms with Gasteiger partial charge in [0.25, 0.3) is 0 Å². The lowest BCUT2D eigenvalue weighted by Gasteiger charge is -2.33. The van der Waals surface area contributed by atoms with Crippen molar-refractivity contribution in [1.82, 2.24) is 0 Å². The number of ether oxygens (including phenoxy) is 4. The van der Waals surface area contributed by atoms with E-state index in [0.29, 0.717) is 0 Å². The molecule has 0 saturated heterocycles. The second-order valence-electron chi connectivity index (χ2n) is 5.19. The van der Waals surface area contributed by atoms with Gasteiger partial charge >= 0.3 is 0 Å². The lowest BCUT2D eigenvalue weighted by atomic mass is 9.92. The monoisotopic (exact) mass is 326 g/mol. The van der Waals surface area contributed by atoms with Gasteiger partial charge in [-0.2, -0.15) is 0 Å². The van der Waals surface area contributed by atoms with Gasteiger partial charge < -0.3 is 39.4 Å². The van der Waals surface area contributed by atoms with E-state index in [9.17, 15) is 5.11 Å². The number of hydrogen-bond donors (Lipinski definition) is 4. The van der Waals surface area contributed by atoms with Crippen LogP contribution in [-0.4, -0.2) is 99.2 Å². The molecule has 0 aliphatic heterocycles. The summed E-state index contributed by atoms with van der Waals surface area (Å²) in [5.41, 5.74) is -0.644. The molecular formula is C14H30O8. The molecule has 134 valence electrons. The first-order valence-electron chi connectivity index (χ1n) is 7.42. The minimum Gasteiger partial charge on any atom is -0.394 e. The maximum absolute atomic E-state index is 9.27. The van der Waals surface area contributed by atoms with E-state index in [2.05, 4.69) is 0 Å². The van der Waals surface area contributed by atoms with Crippen molar-refractivity contribution in [3.63, 3.8) is 0 Å². The molecule has 0 aliphatic rings. The van der Waals surface area contributed by atoms with Crippen molar-refractivity contribution in [1.29, 1.82) is 0 Å². The summed E-state index contributed by atoms with van der Waals surface area (Å²) in [5, 5.41) is 35.7. The van der Waals surface area contributed by atoms with Crippen LogP contribution in [0, 0.1) is 5.41 Å². The van der Waals surface area contributed by atoms with Crippen molar-refractivity contribution < 1.29 is 39.4 Å². The van der Waals surface area contributed by atoms with Crippen LogP contribution in [0.2, 0.25) is 0 Å². The van der Waals surface area contributed by atoms with Crippen molar-refractivity contribution in [2.45, 2.75) is 13.0 Å². The highest BCUT2D eigenvalue weighted by Crippen LogP contribution is 2.21. The maximum atomic E-state index is 9.27. The summed E-state index contributed by atoms with van der Waals surface area (Å²) < 4.78 is 21.6. The number of rotatable bonds is 16. The van der Waals surface area contributed by atoms with Crippen LogP contribution in [0.5, 0.6) is 0 Å². The van der Waals surface area contributed by atoms with Crippen molar-refractivity contribution in [3.8, 4) is 0 Å². The zero-order chi connectivity index (χ0) is 16.7. The zero-order valence-electron chi connectivity index (χ0n) is 13.3. The molecule has 0 aromatic heterocycles. The van der Waals surface area contributed by atoms with Gasteiger partial charge in [0, 0.05) is 0 Å². The summed E-state index contributed by atoms with van der Waals surface area (Å²) in [6.07, 6.45) is -0.590. The highest BCUT2D eigenvalue weighted by molar-refractivity contribution is 4.79. The molecule has 0 aromatic rings. The largest absolute Gasteiger partial charge is 0.394 e. The van der Waals surface area contributed by atoms with Crippen LogP contribution in [-0.2, 0) is 18.9 Å². The fraction of sp³-hybridized carbons (Fsp3) is 1.00. The van der Waals surface area contributed by atoms with E-state index in [1.807, 2.05) is 0 Å². The summed E-state index contributed by atoms with van der Waals surface area (Å²) in [6.45, 7) is 2.93. The molecule has 0 fully saturated rings. The summed E-state index contributed by atoms with van der Waals surface area (Å²) in [4.78, 5) is 0. The molecule has 8 nitrogen and oxygen atoms in total. The molecule has 0 aliphatic carbocycles. The molecule has 0 rings (SSSR count). The van der Waals surface area contributed by atoms with Crippen LogP contribution in [0.15, 0.2) is 0 Å². The minimum atomic E-state index is -0.644. The summed E-state index contributed by atoms with van der Waals surface area (Å²) >= 11 is 0. The highest BCUT2D eigenvalue weighted by Gasteiger charge is 2.32. The molecule has 0 aromatic carbocycles. The Labute approximate surface area is 131 Å². The average Bonchev–Trinajstić information content (AvgIpc) is 2.47. The van der Waals surface area contributed by atoms with Gasteiger partial charge in [0.05, 0.1) is 84.2 Å². The third-order valence-electron chi connectivity index (χ3n) is 2.70. The fourth-order valence-electron chi connectivity index (χ4n) is 1.76. The van der Waals surface area contributed by atoms with Crippen molar-refractivity contribution in [3.05, 3.63) is 0 Å². The van der Waals surface area contributed by atoms with Gasteiger partial charge in [0.1, 0.15) is 0 Å². The van der Waals surface area contributed by atoms with Crippen molar-refractivity contribution in [2.24, 2.45) is 5.41 Å². The maximum Gasteiger partial charge on any atom is 0.0745 e. The Bertz CT molecular complexity index is 210. The molecule has 0 amide bonds. The van der Waals surface area contributed by atoms with E-state index in [-0.39, 0.29) is 72.7 Å². The summed E-state index contributed by atoms with van der Waals surface area (Å²) in [5.74, 6) is 0. The van der Waals surface area contributed by atoms with Gasteiger partial charge in [-0.3, -0.25) is 0 Å². The SMILES string of the molecule is CC(O)COCC(COCCO)(COCCO)COCCO. The predicted molar refractivity (Wildman–Crippen MR) is 78.6 cm³/mol. The normalized spacial score (nSPS) is 13.5. The Morgan fingerprint density at radius 1 is 0.727 bits per heavy atom. The molecule has 22 heavy (non-hydrogen) atoms. The van der Waals surface area contributed by atoms with Gasteiger partial charge in [0.2, 0.25) is 0 Å². The Balaban J connectivity index is 4.60. The molecule has 4 N–H and O–H groups in total. The van der Waals surface area contributed by atoms with Crippen LogP contribution in [0.4, 0.5) is 0 Å². The Kier molecular flexibility index (Phi) is 14.1. The van der Waals surface area contributed by atoms with Gasteiger partial charge in [0.15, 0.2) is 0 Å². The molecule has 0 spiro atoms. The number of hydrogen-bond acceptors (Lipinski definition) is 8. The van der Waals surface area contributed by atoms with Crippen LogP contribution in [0.25, 0.3) is 0 Å². The third kappa shape index (κ3) is 11.3. The van der Waals surface area contributed by atoms with Gasteiger partial charge in [-0.05, 0) is 6.92 Å². The molecule has 0 heterocycles. The fourth-order valence-corrected chi connectivity index (χ4v) is 1.76. The first-order valence-corrected chi connectivity index (χ1v) is 7.42. The van der Waals surface area contributed by atoms with E-state index < -0.39 is 11.5 Å². The highest BCUT2D eigenvalue weighted by atomic mass is 16.5. The standard InChI is InChI=1S/C14H30O8/c1-13(18)8-22-12-14(9-19-5-2-15,10-20-6-3-16)11-21-7-4-17/h13,15-18H,2-12H2,1H3. The van der Waals surface area contributed by atoms with Crippen molar-refractivity contribution in [2.75, 3.05) is 72.7 Å². The van der Waals surface area contributed by atoms with Crippen molar-refractivity contribution >= 4 is 0 Å². The first-order chi connectivity index (χ1) is 10.6. The Morgan fingerprint density at radius 2 is 1.09 bits per heavy atom. The van der Waals surface area contributed by atoms with Gasteiger partial charge in [-0.25, -0.2) is 0 Å². The van der Waals surface area contributed by atoms with Gasteiger partial charge in [-0.15, -0.1) is 0 Å². The van der Waals surface area contributed by atoms with Crippen LogP contribution >= 0.6 is 0 Å². The number of aliphatic hydroxyl groups is 4. The average molecular weight is 326 g/mol. The second kappa shape index (κ2) is 14.3. The van der Waals surface area contributed by atoms with E-state index in [0.717, 1.165) is 0 Å². The quantitative estimate of drug-likeness (QED) is 0.250. The van der Waals surface area contributed by atoms with E-state index in [1.165, 1.54) is 0 Å². The van der Waals surface area contributed by atoms with Crippen LogP contribution in [0.3, 0.4) is 0 Å². The number of aliphatic hydroxyl groups excluding tert-OH is 4. The molecule has 1 atom stereocenters. The molecule has 1 unspecified atom stereocenters. The lowest BCUT2D eigenvalue weighted by molar-refractivity contribution is -0.119. The minimum absolute atomic E-state index is 0.0976. The summed E-state index contributed by atoms with van der Waals surface area (Å²) in [6, 6.07) is 0. The Hall–Kier alpha value is -0.320. The molecule has 0 saturated carbocycles. The zero-order valence-corrected chi connectivity index (χ0v) is 13.3. The third-order valence-corrected chi connectivity index (χ3v) is 2.70. The first kappa shape index (κ1) is 21.7. The van der Waals surface area contributed by atoms with Gasteiger partial charge in [-0.1, -0.05) is 0 Å². The topological polar surface area (TPSA) is 118 Å². The molecule has 0 bridgehead atoms. The van der Waals surface area contributed by atoms with E-state index >= 15 is 0 Å². The molecule has 8 heteroatoms. The molecular weight excluding hydrogens is 296 g/mol. The van der Waals surface area contributed by atoms with Crippen LogP contribution < -0.4 is 0 Å². The molecule has 0 radical (unpaired) electrons. The smallest absolute Gasteiger partial charge is 0.0745 e. The van der Waals surface area contributed by atoms with Crippen LogP contribution in [0.1, 0.15) is 6.92 Å². The second-order valence-corrected chi connectivity index (χ2v) is 5.19. The lowest BCUT2D eigenvalue weighted by Crippen LogP contribution is -2.43. The Morgan fingerprint density at radius 3 is 1.41 bits per heavy atom. The predicted octanol–water partition coefficient (Wildman–Crippen LogP) is -1.60. The van der Waals surface area contributed by atoms with E-state index in [4.69, 9.17) is 34.3 Å².